The molecule has 0 aliphatic rings. The van der Waals surface area contributed by atoms with Crippen molar-refractivity contribution < 1.29 is 4.79 Å². The minimum Gasteiger partial charge on any atom is -0.321 e. The van der Waals surface area contributed by atoms with E-state index >= 15 is 0 Å². The summed E-state index contributed by atoms with van der Waals surface area (Å²) >= 11 is 5.70. The normalized spacial score (nSPS) is 10.4. The lowest BCUT2D eigenvalue weighted by molar-refractivity contribution is 0.102. The van der Waals surface area contributed by atoms with Gasteiger partial charge in [0.1, 0.15) is 5.15 Å². The number of rotatable bonds is 2. The van der Waals surface area contributed by atoms with Gasteiger partial charge in [-0.25, -0.2) is 4.98 Å². The van der Waals surface area contributed by atoms with Crippen LogP contribution in [0.25, 0.3) is 10.8 Å². The number of nitrogens with one attached hydrogen (secondary N) is 1. The zero-order valence-corrected chi connectivity index (χ0v) is 11.1. The SMILES string of the molecule is O=C(Nc1cccc2ccncc12)c1ccc(Cl)nc1. The number of hydrogen-bond acceptors (Lipinski definition) is 3. The van der Waals surface area contributed by atoms with Crippen molar-refractivity contribution in [1.82, 2.24) is 9.97 Å². The molecular formula is C15H10ClN3O. The van der Waals surface area contributed by atoms with Gasteiger partial charge in [-0.15, -0.1) is 0 Å². The summed E-state index contributed by atoms with van der Waals surface area (Å²) in [5.41, 5.74) is 1.17. The standard InChI is InChI=1S/C15H10ClN3O/c16-14-5-4-11(8-18-14)15(20)19-13-3-1-2-10-6-7-17-9-12(10)13/h1-9H,(H,19,20). The Kier molecular flexibility index (Phi) is 3.31. The molecule has 0 saturated heterocycles. The molecule has 0 saturated carbocycles. The van der Waals surface area contributed by atoms with Crippen molar-refractivity contribution in [1.29, 1.82) is 0 Å². The number of pyridine rings is 2. The van der Waals surface area contributed by atoms with E-state index in [4.69, 9.17) is 11.6 Å². The monoisotopic (exact) mass is 283 g/mol. The molecular weight excluding hydrogens is 274 g/mol. The predicted molar refractivity (Wildman–Crippen MR) is 78.9 cm³/mol. The maximum atomic E-state index is 12.2. The van der Waals surface area contributed by atoms with Crippen molar-refractivity contribution in [3.63, 3.8) is 0 Å². The summed E-state index contributed by atoms with van der Waals surface area (Å²) in [5, 5.41) is 5.13. The summed E-state index contributed by atoms with van der Waals surface area (Å²) < 4.78 is 0. The van der Waals surface area contributed by atoms with Crippen LogP contribution >= 0.6 is 11.6 Å². The largest absolute Gasteiger partial charge is 0.321 e. The lowest BCUT2D eigenvalue weighted by atomic mass is 10.1. The molecule has 3 aromatic rings. The summed E-state index contributed by atoms with van der Waals surface area (Å²) in [6.45, 7) is 0. The van der Waals surface area contributed by atoms with E-state index in [1.165, 1.54) is 6.20 Å². The highest BCUT2D eigenvalue weighted by molar-refractivity contribution is 6.29. The number of aromatic nitrogens is 2. The van der Waals surface area contributed by atoms with Crippen LogP contribution < -0.4 is 5.32 Å². The van der Waals surface area contributed by atoms with Crippen LogP contribution in [0.2, 0.25) is 5.15 Å². The number of benzene rings is 1. The molecule has 2 heterocycles. The Morgan fingerprint density at radius 1 is 1.10 bits per heavy atom. The number of amides is 1. The first kappa shape index (κ1) is 12.6. The zero-order valence-electron chi connectivity index (χ0n) is 10.4. The van der Waals surface area contributed by atoms with Gasteiger partial charge in [0.2, 0.25) is 0 Å². The Bertz CT molecular complexity index is 766. The van der Waals surface area contributed by atoms with Gasteiger partial charge < -0.3 is 5.32 Å². The number of anilines is 1. The number of nitrogens with zero attached hydrogens (tertiary/aromatic N) is 2. The third kappa shape index (κ3) is 2.46. The number of halogens is 1. The van der Waals surface area contributed by atoms with Crippen molar-refractivity contribution in [3.8, 4) is 0 Å². The maximum absolute atomic E-state index is 12.2. The fraction of sp³-hybridized carbons (Fsp3) is 0. The predicted octanol–water partition coefficient (Wildman–Crippen LogP) is 3.54. The van der Waals surface area contributed by atoms with Crippen LogP contribution in [0, 0.1) is 0 Å². The van der Waals surface area contributed by atoms with Crippen LogP contribution in [0.3, 0.4) is 0 Å². The molecule has 1 aromatic carbocycles. The highest BCUT2D eigenvalue weighted by Gasteiger charge is 2.08. The summed E-state index contributed by atoms with van der Waals surface area (Å²) in [6, 6.07) is 10.8. The topological polar surface area (TPSA) is 54.9 Å². The minimum absolute atomic E-state index is 0.231. The lowest BCUT2D eigenvalue weighted by Crippen LogP contribution is -2.12. The number of fused-ring (bicyclic) bond motifs is 1. The van der Waals surface area contributed by atoms with Gasteiger partial charge in [-0.3, -0.25) is 9.78 Å². The molecule has 1 N–H and O–H groups in total. The van der Waals surface area contributed by atoms with E-state index in [0.717, 1.165) is 16.5 Å². The Hall–Kier alpha value is -2.46. The second-order valence-corrected chi connectivity index (χ2v) is 4.61. The molecule has 1 amide bonds. The molecule has 2 aromatic heterocycles. The van der Waals surface area contributed by atoms with E-state index in [1.54, 1.807) is 24.5 Å². The number of carbonyl (C=O) groups is 1. The second kappa shape index (κ2) is 5.27. The van der Waals surface area contributed by atoms with Gasteiger partial charge in [-0.2, -0.15) is 0 Å². The molecule has 0 atom stereocenters. The Morgan fingerprint density at radius 3 is 2.80 bits per heavy atom. The number of hydrogen-bond donors (Lipinski definition) is 1. The van der Waals surface area contributed by atoms with Crippen LogP contribution in [0.4, 0.5) is 5.69 Å². The summed E-state index contributed by atoms with van der Waals surface area (Å²) in [4.78, 5) is 20.1. The van der Waals surface area contributed by atoms with Crippen LogP contribution in [0.5, 0.6) is 0 Å². The van der Waals surface area contributed by atoms with E-state index in [2.05, 4.69) is 15.3 Å². The molecule has 3 rings (SSSR count). The highest BCUT2D eigenvalue weighted by Crippen LogP contribution is 2.22. The first-order valence-corrected chi connectivity index (χ1v) is 6.37. The van der Waals surface area contributed by atoms with E-state index in [0.29, 0.717) is 10.7 Å². The molecule has 4 nitrogen and oxygen atoms in total. The van der Waals surface area contributed by atoms with Gasteiger partial charge in [-0.1, -0.05) is 23.7 Å². The Balaban J connectivity index is 1.93. The third-order valence-corrected chi connectivity index (χ3v) is 3.14. The Morgan fingerprint density at radius 2 is 2.00 bits per heavy atom. The fourth-order valence-electron chi connectivity index (χ4n) is 1.93. The fourth-order valence-corrected chi connectivity index (χ4v) is 2.04. The van der Waals surface area contributed by atoms with Gasteiger partial charge in [0.05, 0.1) is 11.3 Å². The van der Waals surface area contributed by atoms with Crippen molar-refractivity contribution >= 4 is 34.0 Å². The van der Waals surface area contributed by atoms with Crippen LogP contribution in [0.15, 0.2) is 55.0 Å². The highest BCUT2D eigenvalue weighted by atomic mass is 35.5. The molecule has 0 aliphatic heterocycles. The minimum atomic E-state index is -0.231. The van der Waals surface area contributed by atoms with Gasteiger partial charge in [0.15, 0.2) is 0 Å². The first-order chi connectivity index (χ1) is 9.74. The lowest BCUT2D eigenvalue weighted by Gasteiger charge is -2.08. The van der Waals surface area contributed by atoms with Crippen molar-refractivity contribution in [2.24, 2.45) is 0 Å². The van der Waals surface area contributed by atoms with Crippen molar-refractivity contribution in [3.05, 3.63) is 65.7 Å². The van der Waals surface area contributed by atoms with Crippen LogP contribution in [0.1, 0.15) is 10.4 Å². The third-order valence-electron chi connectivity index (χ3n) is 2.92. The van der Waals surface area contributed by atoms with Crippen molar-refractivity contribution in [2.45, 2.75) is 0 Å². The molecule has 0 radical (unpaired) electrons. The summed E-state index contributed by atoms with van der Waals surface area (Å²) in [5.74, 6) is -0.231. The van der Waals surface area contributed by atoms with Gasteiger partial charge in [0.25, 0.3) is 5.91 Å². The average molecular weight is 284 g/mol. The van der Waals surface area contributed by atoms with Crippen molar-refractivity contribution in [2.75, 3.05) is 5.32 Å². The number of carbonyl (C=O) groups excluding carboxylic acids is 1. The molecule has 0 unspecified atom stereocenters. The van der Waals surface area contributed by atoms with Crippen LogP contribution in [-0.4, -0.2) is 15.9 Å². The molecule has 20 heavy (non-hydrogen) atoms. The summed E-state index contributed by atoms with van der Waals surface area (Å²) in [6.07, 6.45) is 4.89. The summed E-state index contributed by atoms with van der Waals surface area (Å²) in [7, 11) is 0. The Labute approximate surface area is 120 Å². The molecule has 98 valence electrons. The molecule has 0 aliphatic carbocycles. The van der Waals surface area contributed by atoms with E-state index in [9.17, 15) is 4.79 Å². The quantitative estimate of drug-likeness (QED) is 0.732. The first-order valence-electron chi connectivity index (χ1n) is 6.00. The van der Waals surface area contributed by atoms with E-state index in [-0.39, 0.29) is 5.91 Å². The molecule has 5 heteroatoms. The molecule has 0 fully saturated rings. The second-order valence-electron chi connectivity index (χ2n) is 4.23. The average Bonchev–Trinajstić information content (AvgIpc) is 2.48. The van der Waals surface area contributed by atoms with Crippen LogP contribution in [-0.2, 0) is 0 Å². The van der Waals surface area contributed by atoms with Gasteiger partial charge in [-0.05, 0) is 29.7 Å². The molecule has 0 bridgehead atoms. The van der Waals surface area contributed by atoms with E-state index in [1.807, 2.05) is 24.3 Å². The smallest absolute Gasteiger partial charge is 0.257 e. The van der Waals surface area contributed by atoms with Gasteiger partial charge >= 0.3 is 0 Å². The molecule has 0 spiro atoms. The maximum Gasteiger partial charge on any atom is 0.257 e. The van der Waals surface area contributed by atoms with E-state index < -0.39 is 0 Å². The van der Waals surface area contributed by atoms with Gasteiger partial charge in [0, 0.05) is 24.0 Å². The zero-order chi connectivity index (χ0) is 13.9.